The fraction of sp³-hybridized carbons (Fsp3) is 0.736. The number of carbonyl (C=O) groups excluding carboxylic acids is 18. The molecule has 0 spiro atoms. The van der Waals surface area contributed by atoms with Crippen LogP contribution in [0.25, 0.3) is 0 Å². The zero-order valence-corrected chi connectivity index (χ0v) is 80.1. The Labute approximate surface area is 786 Å². The Morgan fingerprint density at radius 1 is 0.341 bits per heavy atom. The Bertz CT molecular complexity index is 4200. The smallest absolute Gasteiger partial charge is 0.305 e. The van der Waals surface area contributed by atoms with E-state index in [0.29, 0.717) is 23.6 Å². The van der Waals surface area contributed by atoms with Crippen molar-refractivity contribution in [2.45, 2.75) is 284 Å². The first kappa shape index (κ1) is 125. The molecular formula is C87H140N10O36S2. The summed E-state index contributed by atoms with van der Waals surface area (Å²) in [5.74, 6) is -36.7. The number of aliphatic carboxylic acids is 5. The molecule has 9 amide bonds. The van der Waals surface area contributed by atoms with Gasteiger partial charge in [0, 0.05) is 95.1 Å². The van der Waals surface area contributed by atoms with Crippen molar-refractivity contribution in [1.82, 2.24) is 47.9 Å². The van der Waals surface area contributed by atoms with Gasteiger partial charge in [-0.1, -0.05) is 69.2 Å². The van der Waals surface area contributed by atoms with Crippen molar-refractivity contribution >= 4 is 155 Å². The van der Waals surface area contributed by atoms with Crippen molar-refractivity contribution in [2.75, 3.05) is 51.5 Å². The molecule has 0 saturated heterocycles. The number of nitrogens with one attached hydrogen (secondary N) is 9. The number of aliphatic hydroxyl groups excluding tert-OH is 6. The quantitative estimate of drug-likeness (QED) is 0.0220. The molecule has 0 heterocycles. The highest BCUT2D eigenvalue weighted by Crippen LogP contribution is 2.28. The first-order valence-corrected chi connectivity index (χ1v) is 47.9. The fourth-order valence-electron chi connectivity index (χ4n) is 14.2. The monoisotopic (exact) mass is 1960 g/mol. The van der Waals surface area contributed by atoms with Gasteiger partial charge in [0.25, 0.3) is 0 Å². The van der Waals surface area contributed by atoms with Gasteiger partial charge < -0.3 is 110 Å². The lowest BCUT2D eigenvalue weighted by Crippen LogP contribution is -2.50. The summed E-state index contributed by atoms with van der Waals surface area (Å²) in [6, 6.07) is -13.4. The van der Waals surface area contributed by atoms with Gasteiger partial charge in [-0.15, -0.1) is 0 Å². The Hall–Kier alpha value is -10.4. The maximum atomic E-state index is 14.0. The third kappa shape index (κ3) is 52.5. The first-order chi connectivity index (χ1) is 62.7. The molecule has 0 aliphatic heterocycles. The third-order valence-electron chi connectivity index (χ3n) is 21.7. The van der Waals surface area contributed by atoms with Crippen molar-refractivity contribution in [2.24, 2.45) is 76.7 Å². The van der Waals surface area contributed by atoms with Crippen LogP contribution in [0.15, 0.2) is 0 Å². The van der Waals surface area contributed by atoms with E-state index >= 15 is 0 Å². The van der Waals surface area contributed by atoms with E-state index in [-0.39, 0.29) is 92.6 Å². The number of aliphatic hydroxyl groups is 6. The summed E-state index contributed by atoms with van der Waals surface area (Å²) in [7, 11) is -3.26. The largest absolute Gasteiger partial charge is 0.481 e. The van der Waals surface area contributed by atoms with Crippen molar-refractivity contribution < 1.29 is 175 Å². The Morgan fingerprint density at radius 2 is 0.733 bits per heavy atom. The van der Waals surface area contributed by atoms with Gasteiger partial charge in [-0.25, -0.2) is 8.42 Å². The average molecular weight is 1970 g/mol. The number of carboxylic acids is 5. The van der Waals surface area contributed by atoms with Crippen molar-refractivity contribution in [3.63, 3.8) is 0 Å². The number of carbonyl (C=O) groups is 23. The van der Waals surface area contributed by atoms with E-state index in [9.17, 15) is 175 Å². The van der Waals surface area contributed by atoms with Crippen LogP contribution in [-0.2, 0) is 119 Å². The zero-order valence-electron chi connectivity index (χ0n) is 78.4. The van der Waals surface area contributed by atoms with Crippen LogP contribution in [-0.4, -0.2) is 312 Å². The van der Waals surface area contributed by atoms with Crippen molar-refractivity contribution in [3.8, 4) is 0 Å². The molecule has 0 rings (SSSR count). The maximum Gasteiger partial charge on any atom is 0.305 e. The average Bonchev–Trinajstić information content (AvgIpc) is 0.862. The zero-order chi connectivity index (χ0) is 104. The molecule has 0 aromatic carbocycles. The molecule has 48 heteroatoms. The lowest BCUT2D eigenvalue weighted by Gasteiger charge is -2.29. The SMILES string of the molecule is CC(C)CC(=O)C[C@@H](C(=O)N[C@H](C(=O)C[C@H](CC(C)C)[C@H](O)CC(=O)N[C@H](C)C(=O)C[C@H](CC(C)C)[C@H](O)CC(=O)NCCCCC(NC(=O)CCC(=O)[C@H](CC(=O)O)NC(=O)[C@H](CO)CC(=O)[C@H](CC(=O)O)NC(=O)[C@H](CO)CC(=O)[C@H](CC(=O)O)NC(=O)[C@H](CO)CC(=O)[C@H](CC(=O)O)NC(=O)[C@H](CO)CC(=O)CNC(=O)[C@@H](N)CSS(C)(=O)=O)C(=O)CCC(=O)O)C(C)C)C(C)C. The highest BCUT2D eigenvalue weighted by Gasteiger charge is 2.41. The normalized spacial score (nSPS) is 15.4. The summed E-state index contributed by atoms with van der Waals surface area (Å²) in [5.41, 5.74) is 5.63. The number of Topliss-reactive ketones (excluding diaryl/α,β-unsaturated/α-hetero) is 9. The first-order valence-electron chi connectivity index (χ1n) is 44.6. The minimum Gasteiger partial charge on any atom is -0.481 e. The van der Waals surface area contributed by atoms with Gasteiger partial charge in [0.2, 0.25) is 53.2 Å². The minimum atomic E-state index is -3.60. The van der Waals surface area contributed by atoms with Gasteiger partial charge in [-0.2, -0.15) is 0 Å². The van der Waals surface area contributed by atoms with E-state index in [1.807, 2.05) is 76.7 Å². The molecule has 17 atom stereocenters. The fourth-order valence-corrected chi connectivity index (χ4v) is 16.0. The van der Waals surface area contributed by atoms with Gasteiger partial charge in [-0.3, -0.25) is 110 Å². The molecule has 0 aromatic heterocycles. The number of rotatable bonds is 76. The Morgan fingerprint density at radius 3 is 1.11 bits per heavy atom. The second-order valence-electron chi connectivity index (χ2n) is 35.9. The van der Waals surface area contributed by atoms with Crippen LogP contribution < -0.4 is 53.6 Å². The molecule has 22 N–H and O–H groups in total. The van der Waals surface area contributed by atoms with E-state index in [0.717, 1.165) is 6.26 Å². The molecule has 0 bridgehead atoms. The van der Waals surface area contributed by atoms with Crippen LogP contribution in [0.3, 0.4) is 0 Å². The number of carboxylic acid groups (broad SMARTS) is 5. The highest BCUT2D eigenvalue weighted by molar-refractivity contribution is 8.71. The number of nitrogens with two attached hydrogens (primary N) is 1. The van der Waals surface area contributed by atoms with Crippen LogP contribution in [0.4, 0.5) is 0 Å². The topological polar surface area (TPSA) is 784 Å². The molecule has 0 radical (unpaired) electrons. The second kappa shape index (κ2) is 63.9. The van der Waals surface area contributed by atoms with E-state index in [1.165, 1.54) is 6.92 Å². The molecule has 0 aliphatic rings. The lowest BCUT2D eigenvalue weighted by molar-refractivity contribution is -0.142. The molecule has 0 aromatic rings. The summed E-state index contributed by atoms with van der Waals surface area (Å²) in [6.07, 6.45) is -14.8. The van der Waals surface area contributed by atoms with E-state index < -0.39 is 363 Å². The summed E-state index contributed by atoms with van der Waals surface area (Å²) in [6.45, 7) is 13.9. The van der Waals surface area contributed by atoms with Crippen LogP contribution >= 0.6 is 10.8 Å². The van der Waals surface area contributed by atoms with Gasteiger partial charge in [-0.05, 0) is 91.2 Å². The molecule has 766 valence electrons. The van der Waals surface area contributed by atoms with E-state index in [2.05, 4.69) is 26.6 Å². The van der Waals surface area contributed by atoms with Gasteiger partial charge in [0.05, 0.1) is 162 Å². The third-order valence-corrected chi connectivity index (χ3v) is 24.3. The number of unbranched alkanes of at least 4 members (excludes halogenated alkanes) is 1. The van der Waals surface area contributed by atoms with Crippen LogP contribution in [0.5, 0.6) is 0 Å². The Balaban J connectivity index is 6.18. The Kier molecular flexibility index (Phi) is 59.0. The minimum absolute atomic E-state index is 0.0139. The molecule has 0 fully saturated rings. The molecule has 135 heavy (non-hydrogen) atoms. The summed E-state index contributed by atoms with van der Waals surface area (Å²) in [4.78, 5) is 301. The highest BCUT2D eigenvalue weighted by atomic mass is 33.1. The van der Waals surface area contributed by atoms with Gasteiger partial charge in [0.1, 0.15) is 5.78 Å². The summed E-state index contributed by atoms with van der Waals surface area (Å²) in [5, 5.41) is 132. The molecule has 46 nitrogen and oxygen atoms in total. The molecule has 1 unspecified atom stereocenters. The lowest BCUT2D eigenvalue weighted by atomic mass is 9.83. The molecule has 0 saturated carbocycles. The van der Waals surface area contributed by atoms with Crippen molar-refractivity contribution in [1.29, 1.82) is 0 Å². The summed E-state index contributed by atoms with van der Waals surface area (Å²) >= 11 is 0. The van der Waals surface area contributed by atoms with Crippen LogP contribution in [0, 0.1) is 71.0 Å². The number of hydrogen-bond acceptors (Lipinski definition) is 33. The van der Waals surface area contributed by atoms with Gasteiger partial charge in [0.15, 0.2) is 55.1 Å². The maximum absolute atomic E-state index is 14.0. The molecular weight excluding hydrogens is 1830 g/mol. The number of ketones is 9. The number of hydrogen-bond donors (Lipinski definition) is 21. The van der Waals surface area contributed by atoms with Crippen molar-refractivity contribution in [3.05, 3.63) is 0 Å². The van der Waals surface area contributed by atoms with Gasteiger partial charge >= 0.3 is 29.8 Å². The number of amides is 9. The predicted octanol–water partition coefficient (Wildman–Crippen LogP) is -2.55. The van der Waals surface area contributed by atoms with Crippen LogP contribution in [0.2, 0.25) is 0 Å². The predicted molar refractivity (Wildman–Crippen MR) is 479 cm³/mol. The summed E-state index contributed by atoms with van der Waals surface area (Å²) < 4.78 is 22.8. The van der Waals surface area contributed by atoms with E-state index in [4.69, 9.17) is 5.73 Å². The second-order valence-corrected chi connectivity index (χ2v) is 40.4. The van der Waals surface area contributed by atoms with E-state index in [1.54, 1.807) is 13.8 Å². The molecule has 0 aliphatic carbocycles. The standard InChI is InChI=1S/C87H140N10O36S2/c1-43(2)21-49(25-66(106)48(11)91-75(115)36-68(108)50(22-44(3)4)26-72(112)81(47(9)10)97-86(130)57(46(7)8)30-55(102)23-45(5)6)67(107)35-74(114)89-20-14-13-15-59(64(104)17-19-76(116)117)92-73(113)18-16-65(105)60(31-77(118)119)93-83(127)52(39-99)27-70(110)62(33-79(122)123)95-85(129)54(41-101)29-71(111)63(34-80(124)125)96-84(128)53(40-100)28-69(109)61(32-78(120)121)94-82(126)51(38-98)24-56(103)37-90-87(131)58(88)42-134-135(12,132)133/h43-54,57-63,67-68,81,98-101,107-108H,13-42,88H2,1-12H3,(H,89,114)(H,90,131)(H,91,115)(H,92,113)(H,93,127)(H,94,126)(H,95,129)(H,96,128)(H,97,130)(H,116,117)(H,118,119)(H,120,121)(H,122,123)(H,124,125)/t48-,49+,50+,51+,52+,53+,54+,57-,58+,59?,60+,61+,62+,63+,67-,68-,81+/m1/s1. The van der Waals surface area contributed by atoms with Crippen LogP contribution in [0.1, 0.15) is 224 Å².